The van der Waals surface area contributed by atoms with Gasteiger partial charge in [-0.25, -0.2) is 0 Å². The number of benzene rings is 3. The van der Waals surface area contributed by atoms with E-state index in [9.17, 15) is 4.79 Å². The van der Waals surface area contributed by atoms with Crippen LogP contribution in [0.2, 0.25) is 10.0 Å². The summed E-state index contributed by atoms with van der Waals surface area (Å²) in [5.74, 6) is 2.29. The van der Waals surface area contributed by atoms with E-state index in [0.717, 1.165) is 16.9 Å². The average Bonchev–Trinajstić information content (AvgIpc) is 2.86. The Labute approximate surface area is 216 Å². The van der Waals surface area contributed by atoms with E-state index >= 15 is 0 Å². The summed E-state index contributed by atoms with van der Waals surface area (Å²) in [6.07, 6.45) is 0.673. The zero-order valence-corrected chi connectivity index (χ0v) is 21.8. The number of hydrogen-bond acceptors (Lipinski definition) is 4. The Kier molecular flexibility index (Phi) is 7.78. The molecule has 0 unspecified atom stereocenters. The third kappa shape index (κ3) is 5.36. The Morgan fingerprint density at radius 2 is 1.69 bits per heavy atom. The van der Waals surface area contributed by atoms with Crippen LogP contribution in [0.1, 0.15) is 52.9 Å². The monoisotopic (exact) mass is 513 g/mol. The van der Waals surface area contributed by atoms with Gasteiger partial charge in [-0.1, -0.05) is 49.2 Å². The van der Waals surface area contributed by atoms with Crippen molar-refractivity contribution in [3.05, 3.63) is 86.9 Å². The van der Waals surface area contributed by atoms with Crippen LogP contribution in [0.4, 0.5) is 0 Å². The molecule has 0 aromatic heterocycles. The van der Waals surface area contributed by atoms with Gasteiger partial charge in [0.05, 0.1) is 30.8 Å². The van der Waals surface area contributed by atoms with Crippen LogP contribution < -0.4 is 14.2 Å². The number of carbonyl (C=O) groups is 1. The van der Waals surface area contributed by atoms with Gasteiger partial charge in [0.25, 0.3) is 5.91 Å². The standard InChI is InChI=1S/C28H29Cl2NO4/c1-17(2)18-5-8-21(9-6-18)35-16-25-23-15-27(34-4)26(33-3)13-19(23)11-12-31(25)28(32)22-10-7-20(29)14-24(22)30/h5-10,13-15,17,25H,11-12,16H2,1-4H3/t25-/m0/s1. The maximum Gasteiger partial charge on any atom is 0.256 e. The summed E-state index contributed by atoms with van der Waals surface area (Å²) in [6.45, 7) is 5.10. The second-order valence-corrected chi connectivity index (χ2v) is 9.67. The fourth-order valence-corrected chi connectivity index (χ4v) is 4.88. The fourth-order valence-electron chi connectivity index (χ4n) is 4.39. The lowest BCUT2D eigenvalue weighted by Crippen LogP contribution is -2.42. The minimum Gasteiger partial charge on any atom is -0.493 e. The lowest BCUT2D eigenvalue weighted by Gasteiger charge is -2.38. The number of methoxy groups -OCH3 is 2. The minimum absolute atomic E-state index is 0.171. The smallest absolute Gasteiger partial charge is 0.256 e. The SMILES string of the molecule is COc1cc2c(cc1OC)[C@H](COc1ccc(C(C)C)cc1)N(C(=O)c1ccc(Cl)cc1Cl)CC2. The molecule has 1 heterocycles. The molecule has 3 aromatic carbocycles. The number of carbonyl (C=O) groups excluding carboxylic acids is 1. The number of amides is 1. The van der Waals surface area contributed by atoms with Crippen molar-refractivity contribution in [3.8, 4) is 17.2 Å². The van der Waals surface area contributed by atoms with Crippen molar-refractivity contribution in [2.45, 2.75) is 32.2 Å². The van der Waals surface area contributed by atoms with Crippen LogP contribution in [0, 0.1) is 0 Å². The molecule has 1 aliphatic rings. The summed E-state index contributed by atoms with van der Waals surface area (Å²) in [5, 5.41) is 0.807. The highest BCUT2D eigenvalue weighted by Crippen LogP contribution is 2.39. The average molecular weight is 514 g/mol. The van der Waals surface area contributed by atoms with Crippen LogP contribution >= 0.6 is 23.2 Å². The van der Waals surface area contributed by atoms with Gasteiger partial charge in [0.15, 0.2) is 11.5 Å². The molecular weight excluding hydrogens is 485 g/mol. The molecule has 5 nitrogen and oxygen atoms in total. The molecule has 1 aliphatic heterocycles. The molecule has 4 rings (SSSR count). The van der Waals surface area contributed by atoms with E-state index in [4.69, 9.17) is 37.4 Å². The van der Waals surface area contributed by atoms with E-state index in [-0.39, 0.29) is 18.6 Å². The first kappa shape index (κ1) is 25.2. The van der Waals surface area contributed by atoms with Crippen molar-refractivity contribution in [2.24, 2.45) is 0 Å². The Hall–Kier alpha value is -2.89. The van der Waals surface area contributed by atoms with Gasteiger partial charge in [0.1, 0.15) is 12.4 Å². The van der Waals surface area contributed by atoms with Crippen molar-refractivity contribution < 1.29 is 19.0 Å². The molecule has 0 saturated carbocycles. The first-order valence-corrected chi connectivity index (χ1v) is 12.3. The third-order valence-electron chi connectivity index (χ3n) is 6.38. The van der Waals surface area contributed by atoms with Gasteiger partial charge in [-0.05, 0) is 71.5 Å². The Bertz CT molecular complexity index is 1210. The predicted octanol–water partition coefficient (Wildman–Crippen LogP) is 6.95. The van der Waals surface area contributed by atoms with Gasteiger partial charge in [-0.3, -0.25) is 4.79 Å². The molecule has 0 aliphatic carbocycles. The van der Waals surface area contributed by atoms with Crippen molar-refractivity contribution >= 4 is 29.1 Å². The maximum absolute atomic E-state index is 13.6. The highest BCUT2D eigenvalue weighted by Gasteiger charge is 2.34. The molecule has 0 spiro atoms. The lowest BCUT2D eigenvalue weighted by molar-refractivity contribution is 0.0589. The quantitative estimate of drug-likeness (QED) is 0.342. The largest absolute Gasteiger partial charge is 0.493 e. The number of hydrogen-bond donors (Lipinski definition) is 0. The minimum atomic E-state index is -0.345. The summed E-state index contributed by atoms with van der Waals surface area (Å²) < 4.78 is 17.3. The topological polar surface area (TPSA) is 48.0 Å². The second-order valence-electron chi connectivity index (χ2n) is 8.83. The molecule has 0 bridgehead atoms. The highest BCUT2D eigenvalue weighted by atomic mass is 35.5. The summed E-state index contributed by atoms with van der Waals surface area (Å²) in [6, 6.07) is 16.6. The molecule has 0 radical (unpaired) electrons. The summed E-state index contributed by atoms with van der Waals surface area (Å²) in [7, 11) is 3.22. The highest BCUT2D eigenvalue weighted by molar-refractivity contribution is 6.36. The predicted molar refractivity (Wildman–Crippen MR) is 140 cm³/mol. The summed E-state index contributed by atoms with van der Waals surface area (Å²) >= 11 is 12.5. The molecule has 0 fully saturated rings. The van der Waals surface area contributed by atoms with E-state index in [2.05, 4.69) is 26.0 Å². The zero-order valence-electron chi connectivity index (χ0n) is 20.3. The molecule has 35 heavy (non-hydrogen) atoms. The first-order valence-electron chi connectivity index (χ1n) is 11.6. The van der Waals surface area contributed by atoms with E-state index in [1.54, 1.807) is 32.4 Å². The van der Waals surface area contributed by atoms with E-state index in [1.807, 2.05) is 29.2 Å². The third-order valence-corrected chi connectivity index (χ3v) is 6.93. The first-order chi connectivity index (χ1) is 16.8. The van der Waals surface area contributed by atoms with Crippen molar-refractivity contribution in [2.75, 3.05) is 27.4 Å². The van der Waals surface area contributed by atoms with Crippen LogP contribution in [0.3, 0.4) is 0 Å². The second kappa shape index (κ2) is 10.8. The van der Waals surface area contributed by atoms with Gasteiger partial charge in [0.2, 0.25) is 0 Å². The Morgan fingerprint density at radius 1 is 1.00 bits per heavy atom. The molecule has 1 atom stereocenters. The fraction of sp³-hybridized carbons (Fsp3) is 0.321. The molecule has 3 aromatic rings. The number of fused-ring (bicyclic) bond motifs is 1. The number of nitrogens with zero attached hydrogens (tertiary/aromatic N) is 1. The van der Waals surface area contributed by atoms with Crippen LogP contribution in [-0.4, -0.2) is 38.2 Å². The molecule has 0 N–H and O–H groups in total. The number of halogens is 2. The van der Waals surface area contributed by atoms with Crippen molar-refractivity contribution in [1.29, 1.82) is 0 Å². The van der Waals surface area contributed by atoms with Gasteiger partial charge < -0.3 is 19.1 Å². The molecular formula is C28H29Cl2NO4. The van der Waals surface area contributed by atoms with Gasteiger partial charge >= 0.3 is 0 Å². The van der Waals surface area contributed by atoms with Crippen LogP contribution in [-0.2, 0) is 6.42 Å². The van der Waals surface area contributed by atoms with Gasteiger partial charge in [-0.15, -0.1) is 0 Å². The molecule has 184 valence electrons. The number of rotatable bonds is 7. The summed E-state index contributed by atoms with van der Waals surface area (Å²) in [5.41, 5.74) is 3.71. The van der Waals surface area contributed by atoms with Crippen molar-refractivity contribution in [3.63, 3.8) is 0 Å². The van der Waals surface area contributed by atoms with Crippen molar-refractivity contribution in [1.82, 2.24) is 4.90 Å². The zero-order chi connectivity index (χ0) is 25.1. The van der Waals surface area contributed by atoms with E-state index in [0.29, 0.717) is 46.0 Å². The maximum atomic E-state index is 13.6. The van der Waals surface area contributed by atoms with Crippen LogP contribution in [0.5, 0.6) is 17.2 Å². The molecule has 7 heteroatoms. The molecule has 0 saturated heterocycles. The van der Waals surface area contributed by atoms with Gasteiger partial charge in [-0.2, -0.15) is 0 Å². The molecule has 1 amide bonds. The lowest BCUT2D eigenvalue weighted by atomic mass is 9.91. The Morgan fingerprint density at radius 3 is 2.31 bits per heavy atom. The van der Waals surface area contributed by atoms with E-state index in [1.165, 1.54) is 5.56 Å². The number of ether oxygens (including phenoxy) is 3. The normalized spacial score (nSPS) is 15.1. The van der Waals surface area contributed by atoms with Gasteiger partial charge in [0, 0.05) is 11.6 Å². The Balaban J connectivity index is 1.69. The van der Waals surface area contributed by atoms with Crippen LogP contribution in [0.25, 0.3) is 0 Å². The van der Waals surface area contributed by atoms with Crippen LogP contribution in [0.15, 0.2) is 54.6 Å². The summed E-state index contributed by atoms with van der Waals surface area (Å²) in [4.78, 5) is 15.5. The van der Waals surface area contributed by atoms with E-state index < -0.39 is 0 Å².